The summed E-state index contributed by atoms with van der Waals surface area (Å²) < 4.78 is 10.9. The molecular weight excluding hydrogens is 269 g/mol. The van der Waals surface area contributed by atoms with Gasteiger partial charge < -0.3 is 20.6 Å². The van der Waals surface area contributed by atoms with Crippen molar-refractivity contribution in [2.24, 2.45) is 5.73 Å². The van der Waals surface area contributed by atoms with Gasteiger partial charge in [0.25, 0.3) is 0 Å². The highest BCUT2D eigenvalue weighted by Crippen LogP contribution is 2.35. The summed E-state index contributed by atoms with van der Waals surface area (Å²) in [6, 6.07) is 4.33. The standard InChI is InChI=1S/C12H18NO5P/c1-8-3-2-4-9(7-11(13)12(14)15)10(8)5-6-19(16,17)18/h2-4,11H,5-7,13H2,1H3,(H,14,15)(H2,16,17,18). The maximum atomic E-state index is 10.9. The first-order valence-corrected chi connectivity index (χ1v) is 7.61. The third-order valence-electron chi connectivity index (χ3n) is 2.92. The Morgan fingerprint density at radius 3 is 2.58 bits per heavy atom. The first-order valence-electron chi connectivity index (χ1n) is 5.81. The molecule has 0 bridgehead atoms. The summed E-state index contributed by atoms with van der Waals surface area (Å²) >= 11 is 0. The average Bonchev–Trinajstić information content (AvgIpc) is 2.26. The molecule has 0 aliphatic heterocycles. The second kappa shape index (κ2) is 6.30. The third kappa shape index (κ3) is 5.12. The van der Waals surface area contributed by atoms with Crippen LogP contribution in [0.2, 0.25) is 0 Å². The predicted octanol–water partition coefficient (Wildman–Crippen LogP) is 0.670. The number of carbonyl (C=O) groups is 1. The molecule has 0 saturated carbocycles. The molecule has 0 fully saturated rings. The number of rotatable bonds is 6. The van der Waals surface area contributed by atoms with Gasteiger partial charge in [-0.2, -0.15) is 0 Å². The van der Waals surface area contributed by atoms with E-state index in [9.17, 15) is 9.36 Å². The molecule has 1 aromatic rings. The van der Waals surface area contributed by atoms with Crippen LogP contribution < -0.4 is 5.73 Å². The Bertz CT molecular complexity index is 511. The molecule has 6 nitrogen and oxygen atoms in total. The van der Waals surface area contributed by atoms with Crippen LogP contribution in [0.1, 0.15) is 16.7 Å². The summed E-state index contributed by atoms with van der Waals surface area (Å²) in [5.74, 6) is -1.09. The molecule has 0 amide bonds. The molecule has 1 atom stereocenters. The van der Waals surface area contributed by atoms with E-state index in [-0.39, 0.29) is 19.0 Å². The molecule has 7 heteroatoms. The lowest BCUT2D eigenvalue weighted by Gasteiger charge is -2.15. The van der Waals surface area contributed by atoms with Crippen molar-refractivity contribution in [3.8, 4) is 0 Å². The minimum atomic E-state index is -4.07. The van der Waals surface area contributed by atoms with Gasteiger partial charge in [0.15, 0.2) is 0 Å². The Morgan fingerprint density at radius 1 is 1.42 bits per heavy atom. The molecule has 0 saturated heterocycles. The number of benzene rings is 1. The number of carboxylic acids is 1. The largest absolute Gasteiger partial charge is 0.480 e. The van der Waals surface area contributed by atoms with Crippen molar-refractivity contribution in [3.63, 3.8) is 0 Å². The lowest BCUT2D eigenvalue weighted by molar-refractivity contribution is -0.138. The molecule has 106 valence electrons. The fraction of sp³-hybridized carbons (Fsp3) is 0.417. The molecular formula is C12H18NO5P. The van der Waals surface area contributed by atoms with E-state index in [1.807, 2.05) is 13.0 Å². The fourth-order valence-corrected chi connectivity index (χ4v) is 2.41. The van der Waals surface area contributed by atoms with E-state index in [2.05, 4.69) is 0 Å². The first kappa shape index (κ1) is 15.9. The van der Waals surface area contributed by atoms with Crippen molar-refractivity contribution in [1.29, 1.82) is 0 Å². The first-order chi connectivity index (χ1) is 8.70. The molecule has 1 rings (SSSR count). The molecule has 19 heavy (non-hydrogen) atoms. The van der Waals surface area contributed by atoms with Crippen molar-refractivity contribution in [1.82, 2.24) is 0 Å². The highest BCUT2D eigenvalue weighted by Gasteiger charge is 2.18. The van der Waals surface area contributed by atoms with Crippen LogP contribution in [0.3, 0.4) is 0 Å². The molecule has 0 spiro atoms. The smallest absolute Gasteiger partial charge is 0.325 e. The van der Waals surface area contributed by atoms with Gasteiger partial charge in [-0.3, -0.25) is 9.36 Å². The number of nitrogens with two attached hydrogens (primary N) is 1. The van der Waals surface area contributed by atoms with Crippen LogP contribution in [-0.4, -0.2) is 33.1 Å². The second-order valence-electron chi connectivity index (χ2n) is 4.50. The van der Waals surface area contributed by atoms with Gasteiger partial charge in [-0.15, -0.1) is 0 Å². The van der Waals surface area contributed by atoms with E-state index in [0.717, 1.165) is 16.7 Å². The Morgan fingerprint density at radius 2 is 2.05 bits per heavy atom. The summed E-state index contributed by atoms with van der Waals surface area (Å²) in [6.45, 7) is 1.82. The van der Waals surface area contributed by atoms with Gasteiger partial charge in [0.1, 0.15) is 6.04 Å². The van der Waals surface area contributed by atoms with Crippen LogP contribution in [0.4, 0.5) is 0 Å². The topological polar surface area (TPSA) is 121 Å². The molecule has 0 aliphatic rings. The monoisotopic (exact) mass is 287 g/mol. The summed E-state index contributed by atoms with van der Waals surface area (Å²) in [5, 5.41) is 8.81. The van der Waals surface area contributed by atoms with Crippen LogP contribution in [0.5, 0.6) is 0 Å². The van der Waals surface area contributed by atoms with Crippen LogP contribution in [0, 0.1) is 6.92 Å². The van der Waals surface area contributed by atoms with E-state index in [1.165, 1.54) is 0 Å². The summed E-state index contributed by atoms with van der Waals surface area (Å²) in [5.41, 5.74) is 7.87. The number of carboxylic acid groups (broad SMARTS) is 1. The predicted molar refractivity (Wildman–Crippen MR) is 71.1 cm³/mol. The highest BCUT2D eigenvalue weighted by molar-refractivity contribution is 7.51. The van der Waals surface area contributed by atoms with E-state index in [1.54, 1.807) is 12.1 Å². The van der Waals surface area contributed by atoms with Crippen molar-refractivity contribution in [2.45, 2.75) is 25.8 Å². The summed E-state index contributed by atoms with van der Waals surface area (Å²) in [4.78, 5) is 28.6. The van der Waals surface area contributed by atoms with Crippen LogP contribution in [-0.2, 0) is 22.2 Å². The Balaban J connectivity index is 2.95. The van der Waals surface area contributed by atoms with Crippen molar-refractivity contribution >= 4 is 13.6 Å². The summed E-state index contributed by atoms with van der Waals surface area (Å²) in [7, 11) is -4.07. The van der Waals surface area contributed by atoms with Crippen LogP contribution in [0.25, 0.3) is 0 Å². The highest BCUT2D eigenvalue weighted by atomic mass is 31.2. The normalized spacial score (nSPS) is 13.3. The van der Waals surface area contributed by atoms with Gasteiger partial charge in [0, 0.05) is 0 Å². The Labute approximate surface area is 111 Å². The molecule has 1 aromatic carbocycles. The number of aliphatic carboxylic acids is 1. The Hall–Kier alpha value is -1.20. The number of aryl methyl sites for hydroxylation is 1. The SMILES string of the molecule is Cc1cccc(CC(N)C(=O)O)c1CCP(=O)(O)O. The van der Waals surface area contributed by atoms with Gasteiger partial charge in [-0.05, 0) is 36.5 Å². The zero-order chi connectivity index (χ0) is 14.6. The summed E-state index contributed by atoms with van der Waals surface area (Å²) in [6.07, 6.45) is 0.0965. The molecule has 0 aliphatic carbocycles. The molecule has 0 heterocycles. The third-order valence-corrected chi connectivity index (χ3v) is 3.72. The van der Waals surface area contributed by atoms with Gasteiger partial charge in [0.2, 0.25) is 0 Å². The fourth-order valence-electron chi connectivity index (χ4n) is 1.89. The maximum Gasteiger partial charge on any atom is 0.325 e. The van der Waals surface area contributed by atoms with Crippen LogP contribution in [0.15, 0.2) is 18.2 Å². The molecule has 5 N–H and O–H groups in total. The van der Waals surface area contributed by atoms with E-state index in [0.29, 0.717) is 0 Å². The lowest BCUT2D eigenvalue weighted by atomic mass is 9.95. The van der Waals surface area contributed by atoms with Crippen molar-refractivity contribution in [3.05, 3.63) is 34.9 Å². The van der Waals surface area contributed by atoms with E-state index in [4.69, 9.17) is 20.6 Å². The van der Waals surface area contributed by atoms with Gasteiger partial charge >= 0.3 is 13.6 Å². The van der Waals surface area contributed by atoms with Gasteiger partial charge in [-0.25, -0.2) is 0 Å². The van der Waals surface area contributed by atoms with Crippen molar-refractivity contribution < 1.29 is 24.3 Å². The lowest BCUT2D eigenvalue weighted by Crippen LogP contribution is -2.32. The number of hydrogen-bond acceptors (Lipinski definition) is 3. The van der Waals surface area contributed by atoms with E-state index >= 15 is 0 Å². The molecule has 0 radical (unpaired) electrons. The van der Waals surface area contributed by atoms with E-state index < -0.39 is 19.6 Å². The average molecular weight is 287 g/mol. The molecule has 0 aromatic heterocycles. The van der Waals surface area contributed by atoms with Crippen molar-refractivity contribution in [2.75, 3.05) is 6.16 Å². The minimum absolute atomic E-state index is 0.146. The minimum Gasteiger partial charge on any atom is -0.480 e. The number of hydrogen-bond donors (Lipinski definition) is 4. The second-order valence-corrected chi connectivity index (χ2v) is 6.28. The zero-order valence-electron chi connectivity index (χ0n) is 10.6. The Kier molecular flexibility index (Phi) is 5.26. The molecule has 1 unspecified atom stereocenters. The quantitative estimate of drug-likeness (QED) is 0.571. The van der Waals surface area contributed by atoms with Gasteiger partial charge in [0.05, 0.1) is 6.16 Å². The van der Waals surface area contributed by atoms with Crippen LogP contribution >= 0.6 is 7.60 Å². The zero-order valence-corrected chi connectivity index (χ0v) is 11.5. The maximum absolute atomic E-state index is 10.9. The van der Waals surface area contributed by atoms with Gasteiger partial charge in [-0.1, -0.05) is 18.2 Å².